The van der Waals surface area contributed by atoms with Gasteiger partial charge in [-0.15, -0.1) is 0 Å². The van der Waals surface area contributed by atoms with E-state index in [9.17, 15) is 0 Å². The van der Waals surface area contributed by atoms with Crippen LogP contribution in [0.15, 0.2) is 30.5 Å². The number of methoxy groups -OCH3 is 2. The van der Waals surface area contributed by atoms with E-state index in [1.165, 1.54) is 5.56 Å². The van der Waals surface area contributed by atoms with Crippen molar-refractivity contribution in [2.75, 3.05) is 44.6 Å². The minimum absolute atomic E-state index is 0.377. The summed E-state index contributed by atoms with van der Waals surface area (Å²) in [7, 11) is 5.25. The summed E-state index contributed by atoms with van der Waals surface area (Å²) in [6.45, 7) is 1.80. The van der Waals surface area contributed by atoms with Crippen molar-refractivity contribution in [3.63, 3.8) is 0 Å². The van der Waals surface area contributed by atoms with Gasteiger partial charge in [-0.05, 0) is 30.7 Å². The van der Waals surface area contributed by atoms with E-state index in [2.05, 4.69) is 26.3 Å². The number of hydrogen-bond donors (Lipinski definition) is 1. The fourth-order valence-corrected chi connectivity index (χ4v) is 2.99. The first-order chi connectivity index (χ1) is 11.2. The van der Waals surface area contributed by atoms with Crippen molar-refractivity contribution in [1.82, 2.24) is 9.97 Å². The fourth-order valence-electron chi connectivity index (χ4n) is 2.99. The molecule has 1 N–H and O–H groups in total. The Morgan fingerprint density at radius 2 is 2.09 bits per heavy atom. The number of aromatic nitrogens is 2. The molecule has 0 amide bonds. The summed E-state index contributed by atoms with van der Waals surface area (Å²) in [6, 6.07) is 7.82. The maximum Gasteiger partial charge on any atom is 0.227 e. The molecule has 1 aliphatic rings. The van der Waals surface area contributed by atoms with Gasteiger partial charge in [0.2, 0.25) is 5.95 Å². The number of nitrogens with zero attached hydrogens (tertiary/aromatic N) is 3. The molecule has 1 aromatic heterocycles. The Bertz CT molecular complexity index is 677. The van der Waals surface area contributed by atoms with Crippen LogP contribution >= 0.6 is 0 Å². The molecule has 1 saturated heterocycles. The average Bonchev–Trinajstić information content (AvgIpc) is 3.11. The van der Waals surface area contributed by atoms with Crippen LogP contribution in [0.5, 0.6) is 11.5 Å². The van der Waals surface area contributed by atoms with E-state index in [-0.39, 0.29) is 0 Å². The van der Waals surface area contributed by atoms with Crippen LogP contribution in [-0.2, 0) is 0 Å². The summed E-state index contributed by atoms with van der Waals surface area (Å²) >= 11 is 0. The molecule has 6 heteroatoms. The average molecular weight is 314 g/mol. The van der Waals surface area contributed by atoms with Gasteiger partial charge in [-0.3, -0.25) is 0 Å². The molecule has 0 saturated carbocycles. The summed E-state index contributed by atoms with van der Waals surface area (Å²) in [5.41, 5.74) is 1.18. The van der Waals surface area contributed by atoms with Crippen LogP contribution in [0.3, 0.4) is 0 Å². The lowest BCUT2D eigenvalue weighted by Gasteiger charge is -2.18. The zero-order chi connectivity index (χ0) is 16.2. The van der Waals surface area contributed by atoms with Gasteiger partial charge in [0.05, 0.1) is 14.2 Å². The van der Waals surface area contributed by atoms with Crippen LogP contribution < -0.4 is 19.7 Å². The van der Waals surface area contributed by atoms with E-state index >= 15 is 0 Å². The monoisotopic (exact) mass is 314 g/mol. The highest BCUT2D eigenvalue weighted by molar-refractivity contribution is 5.47. The lowest BCUT2D eigenvalue weighted by atomic mass is 9.97. The molecule has 0 spiro atoms. The smallest absolute Gasteiger partial charge is 0.227 e. The molecule has 0 radical (unpaired) electrons. The van der Waals surface area contributed by atoms with E-state index in [0.29, 0.717) is 5.92 Å². The van der Waals surface area contributed by atoms with Crippen molar-refractivity contribution in [2.45, 2.75) is 12.3 Å². The van der Waals surface area contributed by atoms with Crippen molar-refractivity contribution >= 4 is 11.8 Å². The molecular formula is C17H22N4O2. The topological polar surface area (TPSA) is 59.5 Å². The number of benzene rings is 1. The minimum Gasteiger partial charge on any atom is -0.497 e. The molecule has 1 atom stereocenters. The zero-order valence-electron chi connectivity index (χ0n) is 13.7. The van der Waals surface area contributed by atoms with Crippen LogP contribution in [0.4, 0.5) is 11.8 Å². The van der Waals surface area contributed by atoms with Crippen LogP contribution in [0, 0.1) is 0 Å². The predicted octanol–water partition coefficient (Wildman–Crippen LogP) is 2.53. The first kappa shape index (κ1) is 15.4. The Labute approximate surface area is 136 Å². The second kappa shape index (κ2) is 6.73. The maximum atomic E-state index is 5.52. The van der Waals surface area contributed by atoms with Gasteiger partial charge in [0.15, 0.2) is 0 Å². The van der Waals surface area contributed by atoms with E-state index < -0.39 is 0 Å². The van der Waals surface area contributed by atoms with Gasteiger partial charge in [0.1, 0.15) is 17.3 Å². The lowest BCUT2D eigenvalue weighted by Crippen LogP contribution is -2.22. The van der Waals surface area contributed by atoms with E-state index in [1.807, 2.05) is 25.2 Å². The lowest BCUT2D eigenvalue weighted by molar-refractivity contribution is 0.396. The molecule has 2 heterocycles. The second-order valence-electron chi connectivity index (χ2n) is 5.53. The van der Waals surface area contributed by atoms with Crippen molar-refractivity contribution in [1.29, 1.82) is 0 Å². The van der Waals surface area contributed by atoms with Gasteiger partial charge in [0.25, 0.3) is 0 Å². The number of nitrogens with one attached hydrogen (secondary N) is 1. The van der Waals surface area contributed by atoms with Crippen LogP contribution in [0.25, 0.3) is 0 Å². The van der Waals surface area contributed by atoms with Gasteiger partial charge in [0, 0.05) is 37.8 Å². The number of rotatable bonds is 5. The third-order valence-corrected chi connectivity index (χ3v) is 4.25. The first-order valence-corrected chi connectivity index (χ1v) is 7.73. The highest BCUT2D eigenvalue weighted by Crippen LogP contribution is 2.36. The standard InChI is InChI=1S/C17H22N4O2/c1-18-16-6-8-19-17(20-16)21-9-7-12(11-21)14-10-13(22-2)4-5-15(14)23-3/h4-6,8,10,12H,7,9,11H2,1-3H3,(H,18,19,20)/t12-/m0/s1. The molecule has 23 heavy (non-hydrogen) atoms. The molecule has 1 aromatic carbocycles. The highest BCUT2D eigenvalue weighted by atomic mass is 16.5. The summed E-state index contributed by atoms with van der Waals surface area (Å²) in [6.07, 6.45) is 2.82. The summed E-state index contributed by atoms with van der Waals surface area (Å²) in [5, 5.41) is 3.05. The zero-order valence-corrected chi connectivity index (χ0v) is 13.7. The van der Waals surface area contributed by atoms with Gasteiger partial charge in [-0.2, -0.15) is 4.98 Å². The quantitative estimate of drug-likeness (QED) is 0.915. The van der Waals surface area contributed by atoms with Crippen molar-refractivity contribution in [3.05, 3.63) is 36.0 Å². The normalized spacial score (nSPS) is 17.2. The van der Waals surface area contributed by atoms with Gasteiger partial charge < -0.3 is 19.7 Å². The number of ether oxygens (including phenoxy) is 2. The number of anilines is 2. The molecule has 122 valence electrons. The van der Waals surface area contributed by atoms with E-state index in [0.717, 1.165) is 42.8 Å². The first-order valence-electron chi connectivity index (χ1n) is 7.73. The van der Waals surface area contributed by atoms with Gasteiger partial charge in [-0.25, -0.2) is 4.98 Å². The third-order valence-electron chi connectivity index (χ3n) is 4.25. The molecule has 0 bridgehead atoms. The Balaban J connectivity index is 1.82. The van der Waals surface area contributed by atoms with Crippen molar-refractivity contribution < 1.29 is 9.47 Å². The summed E-state index contributed by atoms with van der Waals surface area (Å²) in [4.78, 5) is 11.1. The van der Waals surface area contributed by atoms with Crippen molar-refractivity contribution in [3.8, 4) is 11.5 Å². The van der Waals surface area contributed by atoms with E-state index in [1.54, 1.807) is 20.4 Å². The molecule has 0 unspecified atom stereocenters. The van der Waals surface area contributed by atoms with Crippen LogP contribution in [-0.4, -0.2) is 44.3 Å². The van der Waals surface area contributed by atoms with E-state index in [4.69, 9.17) is 9.47 Å². The highest BCUT2D eigenvalue weighted by Gasteiger charge is 2.28. The molecular weight excluding hydrogens is 292 g/mol. The van der Waals surface area contributed by atoms with Gasteiger partial charge >= 0.3 is 0 Å². The molecule has 6 nitrogen and oxygen atoms in total. The van der Waals surface area contributed by atoms with Gasteiger partial charge in [-0.1, -0.05) is 0 Å². The Morgan fingerprint density at radius 1 is 1.22 bits per heavy atom. The second-order valence-corrected chi connectivity index (χ2v) is 5.53. The molecule has 3 rings (SSSR count). The van der Waals surface area contributed by atoms with Crippen LogP contribution in [0.1, 0.15) is 17.9 Å². The van der Waals surface area contributed by atoms with Crippen molar-refractivity contribution in [2.24, 2.45) is 0 Å². The summed E-state index contributed by atoms with van der Waals surface area (Å²) in [5.74, 6) is 3.73. The molecule has 0 aliphatic carbocycles. The number of hydrogen-bond acceptors (Lipinski definition) is 6. The SMILES string of the molecule is CNc1ccnc(N2CC[C@H](c3cc(OC)ccc3OC)C2)n1. The predicted molar refractivity (Wildman–Crippen MR) is 90.7 cm³/mol. The molecule has 1 fully saturated rings. The van der Waals surface area contributed by atoms with Crippen LogP contribution in [0.2, 0.25) is 0 Å². The third kappa shape index (κ3) is 3.16. The molecule has 2 aromatic rings. The maximum absolute atomic E-state index is 5.52. The largest absolute Gasteiger partial charge is 0.497 e. The Kier molecular flexibility index (Phi) is 4.50. The Morgan fingerprint density at radius 3 is 2.83 bits per heavy atom. The Hall–Kier alpha value is -2.50. The minimum atomic E-state index is 0.377. The fraction of sp³-hybridized carbons (Fsp3) is 0.412. The molecule has 1 aliphatic heterocycles. The summed E-state index contributed by atoms with van der Waals surface area (Å²) < 4.78 is 10.9.